The zero-order chi connectivity index (χ0) is 10.4. The molecule has 0 aliphatic carbocycles. The second-order valence-electron chi connectivity index (χ2n) is 3.49. The molecule has 2 heterocycles. The van der Waals surface area contributed by atoms with Gasteiger partial charge in [0.1, 0.15) is 5.15 Å². The van der Waals surface area contributed by atoms with Crippen LogP contribution in [0.5, 0.6) is 11.5 Å². The molecule has 1 aromatic heterocycles. The fourth-order valence-corrected chi connectivity index (χ4v) is 1.79. The predicted molar refractivity (Wildman–Crippen MR) is 57.6 cm³/mol. The number of benzene rings is 1. The molecule has 15 heavy (non-hydrogen) atoms. The van der Waals surface area contributed by atoms with Crippen molar-refractivity contribution in [1.29, 1.82) is 0 Å². The summed E-state index contributed by atoms with van der Waals surface area (Å²) < 4.78 is 10.6. The average Bonchev–Trinajstić information content (AvgIpc) is 2.63. The van der Waals surface area contributed by atoms with Gasteiger partial charge >= 0.3 is 0 Å². The molecule has 3 nitrogen and oxygen atoms in total. The van der Waals surface area contributed by atoms with Crippen LogP contribution in [0.4, 0.5) is 0 Å². The maximum absolute atomic E-state index is 5.96. The lowest BCUT2D eigenvalue weighted by Gasteiger charge is -2.03. The molecule has 4 heteroatoms. The van der Waals surface area contributed by atoms with E-state index in [1.165, 1.54) is 0 Å². The Morgan fingerprint density at radius 2 is 1.93 bits per heavy atom. The van der Waals surface area contributed by atoms with E-state index in [-0.39, 0.29) is 6.79 Å². The summed E-state index contributed by atoms with van der Waals surface area (Å²) in [5.74, 6) is 1.50. The van der Waals surface area contributed by atoms with E-state index in [2.05, 4.69) is 4.98 Å². The first-order valence-corrected chi connectivity index (χ1v) is 4.98. The Kier molecular flexibility index (Phi) is 1.76. The number of hydrogen-bond donors (Lipinski definition) is 0. The minimum absolute atomic E-state index is 0.276. The van der Waals surface area contributed by atoms with Crippen LogP contribution in [-0.2, 0) is 0 Å². The molecule has 0 atom stereocenters. The Morgan fingerprint density at radius 1 is 1.20 bits per heavy atom. The van der Waals surface area contributed by atoms with Crippen molar-refractivity contribution in [3.63, 3.8) is 0 Å². The quantitative estimate of drug-likeness (QED) is 0.641. The molecule has 1 aromatic carbocycles. The lowest BCUT2D eigenvalue weighted by molar-refractivity contribution is 0.174. The Balaban J connectivity index is 2.34. The van der Waals surface area contributed by atoms with Gasteiger partial charge in [-0.25, -0.2) is 4.98 Å². The summed E-state index contributed by atoms with van der Waals surface area (Å²) in [6, 6.07) is 5.77. The van der Waals surface area contributed by atoms with Crippen LogP contribution < -0.4 is 9.47 Å². The normalized spacial score (nSPS) is 13.5. The van der Waals surface area contributed by atoms with Gasteiger partial charge in [0.15, 0.2) is 11.5 Å². The maximum atomic E-state index is 5.96. The number of fused-ring (bicyclic) bond motifs is 2. The van der Waals surface area contributed by atoms with Crippen LogP contribution in [0, 0.1) is 6.92 Å². The van der Waals surface area contributed by atoms with Crippen LogP contribution in [0.2, 0.25) is 5.15 Å². The van der Waals surface area contributed by atoms with Gasteiger partial charge in [0.25, 0.3) is 0 Å². The smallest absolute Gasteiger partial charge is 0.231 e. The third-order valence-corrected chi connectivity index (χ3v) is 2.82. The van der Waals surface area contributed by atoms with Gasteiger partial charge in [0.05, 0.1) is 5.52 Å². The van der Waals surface area contributed by atoms with Crippen molar-refractivity contribution in [2.45, 2.75) is 6.92 Å². The highest BCUT2D eigenvalue weighted by Crippen LogP contribution is 2.36. The van der Waals surface area contributed by atoms with Crippen LogP contribution >= 0.6 is 11.6 Å². The summed E-state index contributed by atoms with van der Waals surface area (Å²) in [6.45, 7) is 2.21. The molecular formula is C11H8ClNO2. The van der Waals surface area contributed by atoms with E-state index >= 15 is 0 Å². The van der Waals surface area contributed by atoms with E-state index in [1.807, 2.05) is 25.1 Å². The van der Waals surface area contributed by atoms with Gasteiger partial charge in [0, 0.05) is 11.5 Å². The predicted octanol–water partition coefficient (Wildman–Crippen LogP) is 2.93. The number of pyridine rings is 1. The molecule has 0 fully saturated rings. The van der Waals surface area contributed by atoms with Gasteiger partial charge in [-0.15, -0.1) is 0 Å². The number of nitrogens with zero attached hydrogens (tertiary/aromatic N) is 1. The maximum Gasteiger partial charge on any atom is 0.231 e. The number of ether oxygens (including phenoxy) is 2. The molecule has 0 saturated carbocycles. The molecule has 76 valence electrons. The van der Waals surface area contributed by atoms with Gasteiger partial charge < -0.3 is 9.47 Å². The van der Waals surface area contributed by atoms with Gasteiger partial charge in [-0.3, -0.25) is 0 Å². The lowest BCUT2D eigenvalue weighted by Crippen LogP contribution is -1.92. The molecule has 0 unspecified atom stereocenters. The molecular weight excluding hydrogens is 214 g/mol. The topological polar surface area (TPSA) is 31.4 Å². The average molecular weight is 222 g/mol. The van der Waals surface area contributed by atoms with Crippen molar-refractivity contribution in [2.75, 3.05) is 6.79 Å². The Labute approximate surface area is 91.6 Å². The zero-order valence-electron chi connectivity index (χ0n) is 8.08. The van der Waals surface area contributed by atoms with Crippen molar-refractivity contribution in [1.82, 2.24) is 4.98 Å². The van der Waals surface area contributed by atoms with Crippen molar-refractivity contribution in [3.8, 4) is 11.5 Å². The van der Waals surface area contributed by atoms with Gasteiger partial charge in [-0.1, -0.05) is 11.6 Å². The van der Waals surface area contributed by atoms with Gasteiger partial charge in [-0.05, 0) is 24.6 Å². The molecule has 2 aromatic rings. The van der Waals surface area contributed by atoms with Gasteiger partial charge in [-0.2, -0.15) is 0 Å². The molecule has 0 bridgehead atoms. The molecule has 3 rings (SSSR count). The lowest BCUT2D eigenvalue weighted by atomic mass is 10.1. The standard InChI is InChI=1S/C11H8ClNO2/c1-6-2-7-3-9-10(15-5-14-9)4-8(7)13-11(6)12/h2-4H,5H2,1H3. The van der Waals surface area contributed by atoms with E-state index in [9.17, 15) is 0 Å². The van der Waals surface area contributed by atoms with Crippen LogP contribution in [0.25, 0.3) is 10.9 Å². The first-order chi connectivity index (χ1) is 7.24. The highest BCUT2D eigenvalue weighted by Gasteiger charge is 2.15. The first kappa shape index (κ1) is 8.80. The minimum atomic E-state index is 0.276. The Morgan fingerprint density at radius 3 is 2.73 bits per heavy atom. The summed E-state index contributed by atoms with van der Waals surface area (Å²) in [7, 11) is 0. The monoisotopic (exact) mass is 221 g/mol. The fourth-order valence-electron chi connectivity index (χ4n) is 1.65. The largest absolute Gasteiger partial charge is 0.454 e. The minimum Gasteiger partial charge on any atom is -0.454 e. The van der Waals surface area contributed by atoms with Crippen molar-refractivity contribution >= 4 is 22.5 Å². The van der Waals surface area contributed by atoms with E-state index in [0.29, 0.717) is 5.15 Å². The van der Waals surface area contributed by atoms with Crippen molar-refractivity contribution < 1.29 is 9.47 Å². The fraction of sp³-hybridized carbons (Fsp3) is 0.182. The molecule has 0 saturated heterocycles. The molecule has 1 aliphatic rings. The van der Waals surface area contributed by atoms with Crippen LogP contribution in [0.3, 0.4) is 0 Å². The van der Waals surface area contributed by atoms with E-state index in [0.717, 1.165) is 28.0 Å². The number of halogens is 1. The third kappa shape index (κ3) is 1.31. The Hall–Kier alpha value is -1.48. The summed E-state index contributed by atoms with van der Waals surface area (Å²) in [4.78, 5) is 4.28. The van der Waals surface area contributed by atoms with E-state index < -0.39 is 0 Å². The third-order valence-electron chi connectivity index (χ3n) is 2.44. The number of aryl methyl sites for hydroxylation is 1. The summed E-state index contributed by atoms with van der Waals surface area (Å²) >= 11 is 5.96. The molecule has 0 spiro atoms. The first-order valence-electron chi connectivity index (χ1n) is 4.60. The van der Waals surface area contributed by atoms with Crippen molar-refractivity contribution in [3.05, 3.63) is 28.9 Å². The molecule has 0 N–H and O–H groups in total. The molecule has 0 radical (unpaired) electrons. The van der Waals surface area contributed by atoms with E-state index in [1.54, 1.807) is 0 Å². The highest BCUT2D eigenvalue weighted by atomic mass is 35.5. The summed E-state index contributed by atoms with van der Waals surface area (Å²) in [6.07, 6.45) is 0. The number of rotatable bonds is 0. The zero-order valence-corrected chi connectivity index (χ0v) is 8.84. The van der Waals surface area contributed by atoms with Crippen LogP contribution in [-0.4, -0.2) is 11.8 Å². The SMILES string of the molecule is Cc1cc2cc3c(cc2nc1Cl)OCO3. The number of hydrogen-bond acceptors (Lipinski definition) is 3. The second-order valence-corrected chi connectivity index (χ2v) is 3.85. The van der Waals surface area contributed by atoms with E-state index in [4.69, 9.17) is 21.1 Å². The van der Waals surface area contributed by atoms with Crippen LogP contribution in [0.15, 0.2) is 18.2 Å². The summed E-state index contributed by atoms with van der Waals surface area (Å²) in [5.41, 5.74) is 1.79. The second kappa shape index (κ2) is 3.00. The highest BCUT2D eigenvalue weighted by molar-refractivity contribution is 6.30. The number of aromatic nitrogens is 1. The Bertz CT molecular complexity index is 505. The molecule has 0 amide bonds. The molecule has 1 aliphatic heterocycles. The van der Waals surface area contributed by atoms with Crippen LogP contribution in [0.1, 0.15) is 5.56 Å². The van der Waals surface area contributed by atoms with Crippen molar-refractivity contribution in [2.24, 2.45) is 0 Å². The van der Waals surface area contributed by atoms with Gasteiger partial charge in [0.2, 0.25) is 6.79 Å². The summed E-state index contributed by atoms with van der Waals surface area (Å²) in [5, 5.41) is 1.54.